The summed E-state index contributed by atoms with van der Waals surface area (Å²) in [5, 5.41) is 3.77. The lowest BCUT2D eigenvalue weighted by atomic mass is 10.3. The highest BCUT2D eigenvalue weighted by Crippen LogP contribution is 2.44. The number of urea groups is 1. The summed E-state index contributed by atoms with van der Waals surface area (Å²) in [5.74, 6) is -4.21. The molecule has 2 amide bonds. The molecule has 3 rings (SSSR count). The van der Waals surface area contributed by atoms with Crippen molar-refractivity contribution in [1.29, 1.82) is 0 Å². The number of alkyl halides is 3. The molecule has 1 aliphatic heterocycles. The van der Waals surface area contributed by atoms with Crippen molar-refractivity contribution in [2.45, 2.75) is 12.1 Å². The van der Waals surface area contributed by atoms with Crippen molar-refractivity contribution in [3.8, 4) is 11.5 Å². The van der Waals surface area contributed by atoms with Crippen LogP contribution >= 0.6 is 0 Å². The lowest BCUT2D eigenvalue weighted by molar-refractivity contribution is -0.317. The number of carbonyl (C=O) groups is 1. The fourth-order valence-electron chi connectivity index (χ4n) is 2.03. The summed E-state index contributed by atoms with van der Waals surface area (Å²) in [6, 6.07) is 8.75. The maximum atomic E-state index is 13.4. The first kappa shape index (κ1) is 15.9. The van der Waals surface area contributed by atoms with Crippen LogP contribution in [0.5, 0.6) is 11.5 Å². The second-order valence-electron chi connectivity index (χ2n) is 4.85. The van der Waals surface area contributed by atoms with Crippen molar-refractivity contribution in [1.82, 2.24) is 5.32 Å². The number of carbonyl (C=O) groups excluding carboxylic acids is 1. The molecular weight excluding hydrogens is 332 g/mol. The van der Waals surface area contributed by atoms with Crippen LogP contribution in [0.4, 0.5) is 28.0 Å². The minimum Gasteiger partial charge on any atom is -0.424 e. The van der Waals surface area contributed by atoms with E-state index in [2.05, 4.69) is 5.32 Å². The first-order valence-corrected chi connectivity index (χ1v) is 6.68. The number of halogens is 4. The molecule has 0 fully saturated rings. The molecule has 0 spiro atoms. The molecule has 2 N–H and O–H groups in total. The maximum Gasteiger partial charge on any atom is 0.492 e. The average molecular weight is 342 g/mol. The Bertz CT molecular complexity index is 737. The van der Waals surface area contributed by atoms with Gasteiger partial charge in [-0.05, 0) is 36.4 Å². The lowest BCUT2D eigenvalue weighted by Crippen LogP contribution is -2.65. The molecule has 0 saturated carbocycles. The Hall–Kier alpha value is -2.97. The Morgan fingerprint density at radius 1 is 0.958 bits per heavy atom. The van der Waals surface area contributed by atoms with Crippen LogP contribution in [-0.2, 0) is 0 Å². The summed E-state index contributed by atoms with van der Waals surface area (Å²) < 4.78 is 62.6. The summed E-state index contributed by atoms with van der Waals surface area (Å²) in [4.78, 5) is 11.9. The van der Waals surface area contributed by atoms with E-state index < -0.39 is 23.9 Å². The molecule has 9 heteroatoms. The second kappa shape index (κ2) is 5.59. The van der Waals surface area contributed by atoms with Crippen LogP contribution in [0.3, 0.4) is 0 Å². The van der Waals surface area contributed by atoms with E-state index in [-0.39, 0.29) is 17.2 Å². The van der Waals surface area contributed by atoms with Crippen molar-refractivity contribution >= 4 is 11.7 Å². The van der Waals surface area contributed by atoms with Gasteiger partial charge in [-0.1, -0.05) is 12.1 Å². The van der Waals surface area contributed by atoms with E-state index in [1.165, 1.54) is 36.4 Å². The van der Waals surface area contributed by atoms with Crippen LogP contribution in [0, 0.1) is 5.82 Å². The number of anilines is 1. The number of nitrogens with one attached hydrogen (secondary N) is 2. The first-order chi connectivity index (χ1) is 11.3. The first-order valence-electron chi connectivity index (χ1n) is 6.68. The summed E-state index contributed by atoms with van der Waals surface area (Å²) in [6.45, 7) is 0. The number of hydrogen-bond donors (Lipinski definition) is 2. The van der Waals surface area contributed by atoms with E-state index in [4.69, 9.17) is 9.47 Å². The molecule has 5 nitrogen and oxygen atoms in total. The van der Waals surface area contributed by atoms with Gasteiger partial charge in [0.1, 0.15) is 5.82 Å². The summed E-state index contributed by atoms with van der Waals surface area (Å²) in [6.07, 6.45) is -5.05. The summed E-state index contributed by atoms with van der Waals surface area (Å²) in [7, 11) is 0. The largest absolute Gasteiger partial charge is 0.492 e. The van der Waals surface area contributed by atoms with Gasteiger partial charge in [0.2, 0.25) is 0 Å². The van der Waals surface area contributed by atoms with Crippen LogP contribution < -0.4 is 20.1 Å². The zero-order chi connectivity index (χ0) is 17.4. The van der Waals surface area contributed by atoms with Crippen LogP contribution in [-0.4, -0.2) is 18.1 Å². The molecule has 1 heterocycles. The van der Waals surface area contributed by atoms with Crippen molar-refractivity contribution in [3.63, 3.8) is 0 Å². The molecule has 0 saturated heterocycles. The molecule has 126 valence electrons. The highest BCUT2D eigenvalue weighted by atomic mass is 19.4. The Labute approximate surface area is 133 Å². The number of para-hydroxylation sites is 2. The normalized spacial score (nSPS) is 15.0. The Morgan fingerprint density at radius 3 is 2.00 bits per heavy atom. The van der Waals surface area contributed by atoms with Gasteiger partial charge in [-0.2, -0.15) is 13.2 Å². The van der Waals surface area contributed by atoms with Crippen LogP contribution in [0.1, 0.15) is 0 Å². The SMILES string of the molecule is O=C(Nc1ccc(F)cc1)NC1(C(F)(F)F)Oc2ccccc2O1. The number of amides is 2. The summed E-state index contributed by atoms with van der Waals surface area (Å²) in [5.41, 5.74) is 0.0988. The van der Waals surface area contributed by atoms with Crippen molar-refractivity contribution in [2.75, 3.05) is 5.32 Å². The number of hydrogen-bond acceptors (Lipinski definition) is 3. The minimum atomic E-state index is -5.05. The summed E-state index contributed by atoms with van der Waals surface area (Å²) >= 11 is 0. The van der Waals surface area contributed by atoms with Gasteiger partial charge in [-0.3, -0.25) is 5.32 Å². The molecule has 0 aliphatic carbocycles. The zero-order valence-electron chi connectivity index (χ0n) is 11.9. The van der Waals surface area contributed by atoms with Gasteiger partial charge in [0, 0.05) is 5.69 Å². The van der Waals surface area contributed by atoms with Crippen molar-refractivity contribution < 1.29 is 31.8 Å². The molecule has 0 atom stereocenters. The van der Waals surface area contributed by atoms with Crippen molar-refractivity contribution in [3.05, 3.63) is 54.3 Å². The number of benzene rings is 2. The second-order valence-corrected chi connectivity index (χ2v) is 4.85. The van der Waals surface area contributed by atoms with Gasteiger partial charge < -0.3 is 14.8 Å². The predicted octanol–water partition coefficient (Wildman–Crippen LogP) is 3.63. The smallest absolute Gasteiger partial charge is 0.424 e. The molecule has 0 aromatic heterocycles. The van der Waals surface area contributed by atoms with E-state index >= 15 is 0 Å². The molecule has 24 heavy (non-hydrogen) atoms. The monoisotopic (exact) mass is 342 g/mol. The van der Waals surface area contributed by atoms with E-state index in [9.17, 15) is 22.4 Å². The van der Waals surface area contributed by atoms with Crippen molar-refractivity contribution in [2.24, 2.45) is 0 Å². The van der Waals surface area contributed by atoms with Crippen LogP contribution in [0.2, 0.25) is 0 Å². The van der Waals surface area contributed by atoms with Gasteiger partial charge in [0.15, 0.2) is 11.5 Å². The van der Waals surface area contributed by atoms with E-state index in [1.807, 2.05) is 0 Å². The maximum absolute atomic E-state index is 13.4. The van der Waals surface area contributed by atoms with E-state index in [0.29, 0.717) is 0 Å². The third kappa shape index (κ3) is 2.92. The van der Waals surface area contributed by atoms with E-state index in [1.54, 1.807) is 5.32 Å². The molecule has 2 aromatic rings. The fourth-order valence-corrected chi connectivity index (χ4v) is 2.03. The standard InChI is InChI=1S/C15H10F4N2O3/c16-9-5-7-10(8-6-9)20-13(22)21-15(14(17,18)19)23-11-3-1-2-4-12(11)24-15/h1-8H,(H2,20,21,22). The number of fused-ring (bicyclic) bond motifs is 1. The Kier molecular flexibility index (Phi) is 3.70. The Balaban J connectivity index is 1.79. The highest BCUT2D eigenvalue weighted by molar-refractivity contribution is 5.89. The van der Waals surface area contributed by atoms with Gasteiger partial charge in [-0.25, -0.2) is 9.18 Å². The van der Waals surface area contributed by atoms with E-state index in [0.717, 1.165) is 12.1 Å². The highest BCUT2D eigenvalue weighted by Gasteiger charge is 2.65. The molecule has 0 bridgehead atoms. The average Bonchev–Trinajstić information content (AvgIpc) is 2.88. The third-order valence-corrected chi connectivity index (χ3v) is 3.11. The van der Waals surface area contributed by atoms with Crippen LogP contribution in [0.15, 0.2) is 48.5 Å². The molecule has 0 radical (unpaired) electrons. The van der Waals surface area contributed by atoms with Crippen LogP contribution in [0.25, 0.3) is 0 Å². The molecule has 1 aliphatic rings. The quantitative estimate of drug-likeness (QED) is 0.820. The lowest BCUT2D eigenvalue weighted by Gasteiger charge is -2.29. The number of rotatable bonds is 2. The number of ether oxygens (including phenoxy) is 2. The Morgan fingerprint density at radius 2 is 1.50 bits per heavy atom. The topological polar surface area (TPSA) is 59.6 Å². The van der Waals surface area contributed by atoms with Gasteiger partial charge in [0.25, 0.3) is 0 Å². The minimum absolute atomic E-state index is 0.0988. The van der Waals surface area contributed by atoms with Gasteiger partial charge >= 0.3 is 18.1 Å². The fraction of sp³-hybridized carbons (Fsp3) is 0.133. The van der Waals surface area contributed by atoms with Gasteiger partial charge in [-0.15, -0.1) is 0 Å². The zero-order valence-corrected chi connectivity index (χ0v) is 11.9. The molecular formula is C15H10F4N2O3. The molecule has 0 unspecified atom stereocenters. The third-order valence-electron chi connectivity index (χ3n) is 3.11. The molecule has 2 aromatic carbocycles. The van der Waals surface area contributed by atoms with Gasteiger partial charge in [0.05, 0.1) is 0 Å². The predicted molar refractivity (Wildman–Crippen MR) is 75.0 cm³/mol.